The molecule has 0 aliphatic rings. The molecule has 1 amide bonds. The van der Waals surface area contributed by atoms with Crippen molar-refractivity contribution in [3.8, 4) is 0 Å². The zero-order valence-corrected chi connectivity index (χ0v) is 9.74. The van der Waals surface area contributed by atoms with Gasteiger partial charge in [-0.15, -0.1) is 0 Å². The Labute approximate surface area is 89.9 Å². The van der Waals surface area contributed by atoms with Crippen LogP contribution in [-0.2, 0) is 17.9 Å². The summed E-state index contributed by atoms with van der Waals surface area (Å²) in [6.45, 7) is 4.59. The molecule has 0 unspecified atom stereocenters. The number of amides is 1. The Morgan fingerprint density at radius 2 is 2.07 bits per heavy atom. The molecule has 0 aliphatic heterocycles. The highest BCUT2D eigenvalue weighted by Gasteiger charge is 2.13. The van der Waals surface area contributed by atoms with Crippen LogP contribution in [0.25, 0.3) is 0 Å². The maximum atomic E-state index is 11.5. The van der Waals surface area contributed by atoms with Crippen LogP contribution in [0.5, 0.6) is 0 Å². The number of likely N-dealkylation sites (N-methyl/N-ethyl adjacent to an activating group) is 1. The third kappa shape index (κ3) is 2.36. The largest absolute Gasteiger partial charge is 0.347 e. The van der Waals surface area contributed by atoms with Crippen molar-refractivity contribution < 1.29 is 4.79 Å². The Morgan fingerprint density at radius 1 is 1.47 bits per heavy atom. The molecule has 0 atom stereocenters. The van der Waals surface area contributed by atoms with Crippen molar-refractivity contribution in [2.24, 2.45) is 5.73 Å². The number of aryl methyl sites for hydroxylation is 1. The number of aromatic nitrogens is 2. The van der Waals surface area contributed by atoms with E-state index in [2.05, 4.69) is 5.10 Å². The molecule has 0 aliphatic carbocycles. The highest BCUT2D eigenvalue weighted by molar-refractivity contribution is 5.75. The third-order valence-corrected chi connectivity index (χ3v) is 2.52. The average molecular weight is 210 g/mol. The van der Waals surface area contributed by atoms with Gasteiger partial charge in [0.15, 0.2) is 0 Å². The number of hydrogen-bond donors (Lipinski definition) is 1. The van der Waals surface area contributed by atoms with E-state index in [0.29, 0.717) is 6.54 Å². The summed E-state index contributed by atoms with van der Waals surface area (Å²) in [5, 5.41) is 4.29. The van der Waals surface area contributed by atoms with Gasteiger partial charge in [-0.25, -0.2) is 0 Å². The van der Waals surface area contributed by atoms with Crippen molar-refractivity contribution in [2.45, 2.75) is 26.9 Å². The molecule has 2 N–H and O–H groups in total. The fraction of sp³-hybridized carbons (Fsp3) is 0.600. The molecule has 0 radical (unpaired) electrons. The van der Waals surface area contributed by atoms with Gasteiger partial charge in [0.25, 0.3) is 0 Å². The van der Waals surface area contributed by atoms with Gasteiger partial charge in [-0.2, -0.15) is 5.10 Å². The van der Waals surface area contributed by atoms with Crippen LogP contribution in [-0.4, -0.2) is 34.7 Å². The van der Waals surface area contributed by atoms with E-state index in [1.165, 1.54) is 0 Å². The average Bonchev–Trinajstić information content (AvgIpc) is 2.41. The van der Waals surface area contributed by atoms with Crippen LogP contribution in [0.1, 0.15) is 17.0 Å². The second-order valence-corrected chi connectivity index (χ2v) is 3.80. The molecule has 84 valence electrons. The standard InChI is InChI=1S/C10H18N4O/c1-7-9(5-11)8(2)14(12-7)6-10(15)13(3)4/h5-6,11H2,1-4H3. The minimum atomic E-state index is 0.0316. The van der Waals surface area contributed by atoms with E-state index in [1.54, 1.807) is 23.7 Å². The van der Waals surface area contributed by atoms with Crippen molar-refractivity contribution in [1.82, 2.24) is 14.7 Å². The molecule has 0 aromatic carbocycles. The summed E-state index contributed by atoms with van der Waals surface area (Å²) in [6, 6.07) is 0. The summed E-state index contributed by atoms with van der Waals surface area (Å²) in [7, 11) is 3.47. The first-order chi connectivity index (χ1) is 6.97. The fourth-order valence-corrected chi connectivity index (χ4v) is 1.45. The van der Waals surface area contributed by atoms with Crippen LogP contribution >= 0.6 is 0 Å². The van der Waals surface area contributed by atoms with Gasteiger partial charge >= 0.3 is 0 Å². The number of nitrogens with zero attached hydrogens (tertiary/aromatic N) is 3. The van der Waals surface area contributed by atoms with Crippen LogP contribution < -0.4 is 5.73 Å². The van der Waals surface area contributed by atoms with Gasteiger partial charge in [-0.1, -0.05) is 0 Å². The van der Waals surface area contributed by atoms with Crippen LogP contribution in [0.2, 0.25) is 0 Å². The molecule has 0 spiro atoms. The van der Waals surface area contributed by atoms with E-state index in [-0.39, 0.29) is 12.5 Å². The summed E-state index contributed by atoms with van der Waals surface area (Å²) in [4.78, 5) is 13.1. The van der Waals surface area contributed by atoms with Gasteiger partial charge < -0.3 is 10.6 Å². The van der Waals surface area contributed by atoms with Gasteiger partial charge in [0.2, 0.25) is 5.91 Å². The van der Waals surface area contributed by atoms with Crippen molar-refractivity contribution in [3.05, 3.63) is 17.0 Å². The van der Waals surface area contributed by atoms with Gasteiger partial charge in [-0.05, 0) is 13.8 Å². The lowest BCUT2D eigenvalue weighted by atomic mass is 10.2. The number of carbonyl (C=O) groups is 1. The molecule has 0 fully saturated rings. The third-order valence-electron chi connectivity index (χ3n) is 2.52. The SMILES string of the molecule is Cc1nn(CC(=O)N(C)C)c(C)c1CN. The van der Waals surface area contributed by atoms with E-state index in [0.717, 1.165) is 17.0 Å². The lowest BCUT2D eigenvalue weighted by Gasteiger charge is -2.11. The van der Waals surface area contributed by atoms with Crippen LogP contribution in [0.15, 0.2) is 0 Å². The zero-order chi connectivity index (χ0) is 11.6. The lowest BCUT2D eigenvalue weighted by Crippen LogP contribution is -2.27. The normalized spacial score (nSPS) is 10.5. The molecule has 0 bridgehead atoms. The van der Waals surface area contributed by atoms with Gasteiger partial charge in [0, 0.05) is 31.9 Å². The minimum Gasteiger partial charge on any atom is -0.347 e. The van der Waals surface area contributed by atoms with Crippen molar-refractivity contribution >= 4 is 5.91 Å². The van der Waals surface area contributed by atoms with E-state index >= 15 is 0 Å². The first-order valence-corrected chi connectivity index (χ1v) is 4.90. The number of rotatable bonds is 3. The predicted molar refractivity (Wildman–Crippen MR) is 58.3 cm³/mol. The molecule has 0 saturated carbocycles. The van der Waals surface area contributed by atoms with Crippen LogP contribution in [0.4, 0.5) is 0 Å². The van der Waals surface area contributed by atoms with Crippen molar-refractivity contribution in [1.29, 1.82) is 0 Å². The quantitative estimate of drug-likeness (QED) is 0.766. The summed E-state index contributed by atoms with van der Waals surface area (Å²) in [5.41, 5.74) is 8.52. The number of nitrogens with two attached hydrogens (primary N) is 1. The Hall–Kier alpha value is -1.36. The Balaban J connectivity index is 2.92. The molecule has 1 heterocycles. The monoisotopic (exact) mass is 210 g/mol. The van der Waals surface area contributed by atoms with Crippen molar-refractivity contribution in [3.63, 3.8) is 0 Å². The van der Waals surface area contributed by atoms with E-state index in [4.69, 9.17) is 5.73 Å². The highest BCUT2D eigenvalue weighted by atomic mass is 16.2. The van der Waals surface area contributed by atoms with E-state index in [1.807, 2.05) is 13.8 Å². The molecule has 1 aromatic rings. The molecule has 5 heteroatoms. The zero-order valence-electron chi connectivity index (χ0n) is 9.74. The van der Waals surface area contributed by atoms with Gasteiger partial charge in [0.05, 0.1) is 5.69 Å². The Morgan fingerprint density at radius 3 is 2.47 bits per heavy atom. The Kier molecular flexibility index (Phi) is 3.47. The van der Waals surface area contributed by atoms with Gasteiger partial charge in [0.1, 0.15) is 6.54 Å². The molecule has 0 saturated heterocycles. The molecule has 1 aromatic heterocycles. The maximum absolute atomic E-state index is 11.5. The summed E-state index contributed by atoms with van der Waals surface area (Å²) < 4.78 is 1.71. The second-order valence-electron chi connectivity index (χ2n) is 3.80. The molecular formula is C10H18N4O. The minimum absolute atomic E-state index is 0.0316. The molecular weight excluding hydrogens is 192 g/mol. The van der Waals surface area contributed by atoms with E-state index < -0.39 is 0 Å². The molecule has 5 nitrogen and oxygen atoms in total. The lowest BCUT2D eigenvalue weighted by molar-refractivity contribution is -0.129. The van der Waals surface area contributed by atoms with Crippen LogP contribution in [0, 0.1) is 13.8 Å². The molecule has 1 rings (SSSR count). The summed E-state index contributed by atoms with van der Waals surface area (Å²) >= 11 is 0. The predicted octanol–water partition coefficient (Wildman–Crippen LogP) is 0.0468. The topological polar surface area (TPSA) is 64.2 Å². The van der Waals surface area contributed by atoms with Crippen LogP contribution in [0.3, 0.4) is 0 Å². The first-order valence-electron chi connectivity index (χ1n) is 4.90. The van der Waals surface area contributed by atoms with E-state index in [9.17, 15) is 4.79 Å². The molecule has 15 heavy (non-hydrogen) atoms. The highest BCUT2D eigenvalue weighted by Crippen LogP contribution is 2.11. The maximum Gasteiger partial charge on any atom is 0.243 e. The smallest absolute Gasteiger partial charge is 0.243 e. The van der Waals surface area contributed by atoms with Crippen molar-refractivity contribution in [2.75, 3.05) is 14.1 Å². The summed E-state index contributed by atoms with van der Waals surface area (Å²) in [6.07, 6.45) is 0. The second kappa shape index (κ2) is 4.44. The fourth-order valence-electron chi connectivity index (χ4n) is 1.45. The first kappa shape index (κ1) is 11.7. The van der Waals surface area contributed by atoms with Gasteiger partial charge in [-0.3, -0.25) is 9.48 Å². The number of carbonyl (C=O) groups excluding carboxylic acids is 1. The number of hydrogen-bond acceptors (Lipinski definition) is 3. The summed E-state index contributed by atoms with van der Waals surface area (Å²) in [5.74, 6) is 0.0316. The Bertz CT molecular complexity index is 368.